The molecule has 0 saturated heterocycles. The number of benzene rings is 1. The van der Waals surface area contributed by atoms with Crippen LogP contribution in [0.1, 0.15) is 5.01 Å². The van der Waals surface area contributed by atoms with E-state index in [0.717, 1.165) is 22.0 Å². The molecule has 0 aliphatic heterocycles. The van der Waals surface area contributed by atoms with Crippen molar-refractivity contribution in [3.8, 4) is 17.0 Å². The Labute approximate surface area is 103 Å². The molecular weight excluding hydrogens is 236 g/mol. The van der Waals surface area contributed by atoms with Crippen molar-refractivity contribution in [2.24, 2.45) is 5.73 Å². The third-order valence-electron chi connectivity index (χ3n) is 2.26. The minimum Gasteiger partial charge on any atom is -0.497 e. The fourth-order valence-electron chi connectivity index (χ4n) is 1.44. The smallest absolute Gasteiger partial charge is 0.224 e. The van der Waals surface area contributed by atoms with Crippen molar-refractivity contribution in [2.75, 3.05) is 7.11 Å². The molecule has 0 spiro atoms. The summed E-state index contributed by atoms with van der Waals surface area (Å²) >= 11 is 1.44. The number of hydrogen-bond donors (Lipinski definition) is 1. The number of carbonyl (C=O) groups excluding carboxylic acids is 1. The van der Waals surface area contributed by atoms with Gasteiger partial charge in [0.05, 0.1) is 19.2 Å². The Morgan fingerprint density at radius 3 is 2.71 bits per heavy atom. The molecule has 0 saturated carbocycles. The molecule has 1 amide bonds. The molecule has 1 aromatic heterocycles. The van der Waals surface area contributed by atoms with Crippen LogP contribution in [0.3, 0.4) is 0 Å². The molecule has 0 radical (unpaired) electrons. The van der Waals surface area contributed by atoms with Crippen LogP contribution in [0.5, 0.6) is 5.75 Å². The number of methoxy groups -OCH3 is 1. The second kappa shape index (κ2) is 4.97. The molecule has 1 heterocycles. The van der Waals surface area contributed by atoms with Crippen LogP contribution in [0.4, 0.5) is 0 Å². The summed E-state index contributed by atoms with van der Waals surface area (Å²) in [6.07, 6.45) is 0.195. The molecule has 0 bridgehead atoms. The van der Waals surface area contributed by atoms with Crippen molar-refractivity contribution < 1.29 is 9.53 Å². The summed E-state index contributed by atoms with van der Waals surface area (Å²) < 4.78 is 5.08. The highest BCUT2D eigenvalue weighted by atomic mass is 32.1. The van der Waals surface area contributed by atoms with Gasteiger partial charge in [0, 0.05) is 10.9 Å². The van der Waals surface area contributed by atoms with E-state index in [1.807, 2.05) is 29.6 Å². The molecular formula is C12H12N2O2S. The Balaban J connectivity index is 2.21. The van der Waals surface area contributed by atoms with Gasteiger partial charge in [0.25, 0.3) is 0 Å². The predicted molar refractivity (Wildman–Crippen MR) is 67.0 cm³/mol. The Kier molecular flexibility index (Phi) is 3.39. The zero-order chi connectivity index (χ0) is 12.3. The third-order valence-corrected chi connectivity index (χ3v) is 3.11. The second-order valence-corrected chi connectivity index (χ2v) is 4.44. The zero-order valence-corrected chi connectivity index (χ0v) is 10.2. The molecule has 0 aliphatic rings. The standard InChI is InChI=1S/C12H12N2O2S/c1-16-9-4-2-8(3-5-9)10-7-17-12(14-10)6-11(13)15/h2-5,7H,6H2,1H3,(H2,13,15). The van der Waals surface area contributed by atoms with E-state index in [1.165, 1.54) is 11.3 Å². The third kappa shape index (κ3) is 2.82. The van der Waals surface area contributed by atoms with Gasteiger partial charge in [-0.2, -0.15) is 0 Å². The van der Waals surface area contributed by atoms with E-state index >= 15 is 0 Å². The number of nitrogens with two attached hydrogens (primary N) is 1. The predicted octanol–water partition coefficient (Wildman–Crippen LogP) is 1.85. The van der Waals surface area contributed by atoms with Crippen LogP contribution in [0.15, 0.2) is 29.6 Å². The fraction of sp³-hybridized carbons (Fsp3) is 0.167. The number of thiazole rings is 1. The summed E-state index contributed by atoms with van der Waals surface area (Å²) in [4.78, 5) is 15.1. The van der Waals surface area contributed by atoms with E-state index in [4.69, 9.17) is 10.5 Å². The molecule has 88 valence electrons. The number of carbonyl (C=O) groups is 1. The number of aromatic nitrogens is 1. The summed E-state index contributed by atoms with van der Waals surface area (Å²) in [6, 6.07) is 7.62. The van der Waals surface area contributed by atoms with Gasteiger partial charge in [-0.25, -0.2) is 4.98 Å². The molecule has 2 rings (SSSR count). The van der Waals surface area contributed by atoms with Crippen LogP contribution in [0.25, 0.3) is 11.3 Å². The Bertz CT molecular complexity index is 520. The van der Waals surface area contributed by atoms with Gasteiger partial charge in [-0.15, -0.1) is 11.3 Å². The van der Waals surface area contributed by atoms with Crippen LogP contribution in [0.2, 0.25) is 0 Å². The number of rotatable bonds is 4. The summed E-state index contributed by atoms with van der Waals surface area (Å²) in [5.74, 6) is 0.446. The van der Waals surface area contributed by atoms with Gasteiger partial charge in [0.1, 0.15) is 10.8 Å². The van der Waals surface area contributed by atoms with Crippen molar-refractivity contribution in [2.45, 2.75) is 6.42 Å². The summed E-state index contributed by atoms with van der Waals surface area (Å²) in [5, 5.41) is 2.66. The molecule has 0 atom stereocenters. The lowest BCUT2D eigenvalue weighted by Crippen LogP contribution is -2.13. The minimum absolute atomic E-state index is 0.195. The van der Waals surface area contributed by atoms with Gasteiger partial charge in [-0.1, -0.05) is 0 Å². The van der Waals surface area contributed by atoms with Crippen molar-refractivity contribution in [1.82, 2.24) is 4.98 Å². The highest BCUT2D eigenvalue weighted by Crippen LogP contribution is 2.24. The quantitative estimate of drug-likeness (QED) is 0.898. The summed E-state index contributed by atoms with van der Waals surface area (Å²) in [7, 11) is 1.63. The van der Waals surface area contributed by atoms with Crippen LogP contribution in [0, 0.1) is 0 Å². The molecule has 17 heavy (non-hydrogen) atoms. The van der Waals surface area contributed by atoms with Crippen molar-refractivity contribution in [1.29, 1.82) is 0 Å². The first-order valence-corrected chi connectivity index (χ1v) is 5.94. The van der Waals surface area contributed by atoms with Crippen molar-refractivity contribution in [3.05, 3.63) is 34.7 Å². The first-order chi connectivity index (χ1) is 8.19. The number of primary amides is 1. The first-order valence-electron chi connectivity index (χ1n) is 5.06. The van der Waals surface area contributed by atoms with Gasteiger partial charge in [0.2, 0.25) is 5.91 Å². The fourth-order valence-corrected chi connectivity index (χ4v) is 2.25. The Morgan fingerprint density at radius 1 is 1.41 bits per heavy atom. The monoisotopic (exact) mass is 248 g/mol. The minimum atomic E-state index is -0.361. The average Bonchev–Trinajstić information content (AvgIpc) is 2.77. The van der Waals surface area contributed by atoms with Crippen molar-refractivity contribution in [3.63, 3.8) is 0 Å². The van der Waals surface area contributed by atoms with E-state index in [-0.39, 0.29) is 12.3 Å². The first kappa shape index (κ1) is 11.6. The molecule has 0 unspecified atom stereocenters. The van der Waals surface area contributed by atoms with Gasteiger partial charge in [-0.3, -0.25) is 4.79 Å². The lowest BCUT2D eigenvalue weighted by atomic mass is 10.2. The SMILES string of the molecule is COc1ccc(-c2csc(CC(N)=O)n2)cc1. The maximum absolute atomic E-state index is 10.8. The van der Waals surface area contributed by atoms with E-state index in [1.54, 1.807) is 7.11 Å². The highest BCUT2D eigenvalue weighted by Gasteiger charge is 2.06. The molecule has 2 aromatic rings. The zero-order valence-electron chi connectivity index (χ0n) is 9.34. The molecule has 5 heteroatoms. The topological polar surface area (TPSA) is 65.2 Å². The van der Waals surface area contributed by atoms with Crippen LogP contribution in [-0.2, 0) is 11.2 Å². The largest absolute Gasteiger partial charge is 0.497 e. The summed E-state index contributed by atoms with van der Waals surface area (Å²) in [6.45, 7) is 0. The number of nitrogens with zero attached hydrogens (tertiary/aromatic N) is 1. The van der Waals surface area contributed by atoms with Crippen LogP contribution >= 0.6 is 11.3 Å². The number of ether oxygens (including phenoxy) is 1. The van der Waals surface area contributed by atoms with Crippen LogP contribution in [-0.4, -0.2) is 18.0 Å². The van der Waals surface area contributed by atoms with E-state index in [0.29, 0.717) is 0 Å². The van der Waals surface area contributed by atoms with E-state index < -0.39 is 0 Å². The average molecular weight is 248 g/mol. The lowest BCUT2D eigenvalue weighted by Gasteiger charge is -2.00. The highest BCUT2D eigenvalue weighted by molar-refractivity contribution is 7.10. The van der Waals surface area contributed by atoms with Gasteiger partial charge in [0.15, 0.2) is 0 Å². The Hall–Kier alpha value is -1.88. The maximum Gasteiger partial charge on any atom is 0.224 e. The second-order valence-electron chi connectivity index (χ2n) is 3.50. The van der Waals surface area contributed by atoms with Gasteiger partial charge < -0.3 is 10.5 Å². The lowest BCUT2D eigenvalue weighted by molar-refractivity contribution is -0.117. The molecule has 2 N–H and O–H groups in total. The van der Waals surface area contributed by atoms with E-state index in [2.05, 4.69) is 4.98 Å². The van der Waals surface area contributed by atoms with Crippen LogP contribution < -0.4 is 10.5 Å². The number of amides is 1. The van der Waals surface area contributed by atoms with Gasteiger partial charge in [-0.05, 0) is 24.3 Å². The Morgan fingerprint density at radius 2 is 2.12 bits per heavy atom. The normalized spacial score (nSPS) is 10.2. The molecule has 0 fully saturated rings. The van der Waals surface area contributed by atoms with E-state index in [9.17, 15) is 4.79 Å². The molecule has 1 aromatic carbocycles. The summed E-state index contributed by atoms with van der Waals surface area (Å²) in [5.41, 5.74) is 6.97. The number of hydrogen-bond acceptors (Lipinski definition) is 4. The van der Waals surface area contributed by atoms with Gasteiger partial charge >= 0.3 is 0 Å². The molecule has 4 nitrogen and oxygen atoms in total. The molecule has 0 aliphatic carbocycles. The maximum atomic E-state index is 10.8. The van der Waals surface area contributed by atoms with Crippen molar-refractivity contribution >= 4 is 17.2 Å².